The number of benzene rings is 1. The van der Waals surface area contributed by atoms with Crippen molar-refractivity contribution in [2.24, 2.45) is 11.1 Å². The second-order valence-corrected chi connectivity index (χ2v) is 13.6. The molecule has 2 aromatic rings. The van der Waals surface area contributed by atoms with Crippen LogP contribution in [0.2, 0.25) is 0 Å². The average molecular weight is 799 g/mol. The molecule has 1 aliphatic carbocycles. The summed E-state index contributed by atoms with van der Waals surface area (Å²) in [5.74, 6) is -1.19. The Morgan fingerprint density at radius 1 is 1.23 bits per heavy atom. The molecule has 2 fully saturated rings. The lowest BCUT2D eigenvalue weighted by Crippen LogP contribution is -3.00. The Hall–Kier alpha value is -3.06. The van der Waals surface area contributed by atoms with Crippen LogP contribution in [0.4, 0.5) is 5.13 Å². The number of halogens is 1. The van der Waals surface area contributed by atoms with E-state index < -0.39 is 23.8 Å². The van der Waals surface area contributed by atoms with Gasteiger partial charge in [-0.2, -0.15) is 21.1 Å². The zero-order valence-corrected chi connectivity index (χ0v) is 30.2. The van der Waals surface area contributed by atoms with Crippen molar-refractivity contribution in [1.82, 2.24) is 14.7 Å². The molecule has 0 radical (unpaired) electrons. The number of ether oxygens (including phenoxy) is 2. The van der Waals surface area contributed by atoms with Gasteiger partial charge in [-0.15, -0.1) is 0 Å². The highest BCUT2D eigenvalue weighted by Gasteiger charge is 2.56. The summed E-state index contributed by atoms with van der Waals surface area (Å²) in [4.78, 5) is 49.3. The maximum atomic E-state index is 13.7. The van der Waals surface area contributed by atoms with Gasteiger partial charge in [0.1, 0.15) is 31.5 Å². The summed E-state index contributed by atoms with van der Waals surface area (Å²) in [6.07, 6.45) is 7.11. The summed E-state index contributed by atoms with van der Waals surface area (Å²) in [7, 11) is 5.01. The third kappa shape index (κ3) is 8.16. The van der Waals surface area contributed by atoms with E-state index in [2.05, 4.69) is 26.9 Å². The third-order valence-electron chi connectivity index (χ3n) is 8.84. The van der Waals surface area contributed by atoms with E-state index in [-0.39, 0.29) is 70.9 Å². The number of nitrogens with one attached hydrogen (secondary N) is 1. The maximum Gasteiger partial charge on any atom is 0.335 e. The number of anilines is 1. The molecule has 1 aromatic heterocycles. The number of allylic oxidation sites excluding steroid dienone is 1. The highest BCUT2D eigenvalue weighted by atomic mass is 127. The van der Waals surface area contributed by atoms with Gasteiger partial charge < -0.3 is 58.9 Å². The molecule has 0 spiro atoms. The van der Waals surface area contributed by atoms with Crippen LogP contribution in [0.15, 0.2) is 52.7 Å². The van der Waals surface area contributed by atoms with E-state index >= 15 is 0 Å². The van der Waals surface area contributed by atoms with Gasteiger partial charge in [0.05, 0.1) is 45.3 Å². The number of oxime groups is 1. The number of thioether (sulfide) groups is 1. The number of carbonyl (C=O) groups is 3. The number of rotatable bonds is 12. The van der Waals surface area contributed by atoms with Crippen LogP contribution in [-0.2, 0) is 30.6 Å². The maximum absolute atomic E-state index is 13.7. The Morgan fingerprint density at radius 2 is 2.00 bits per heavy atom. The number of quaternary nitrogens is 1. The Bertz CT molecular complexity index is 1550. The first-order valence-corrected chi connectivity index (χ1v) is 16.8. The number of amides is 1. The Labute approximate surface area is 298 Å². The molecular formula is C31H39IN6O7S2. The third-order valence-corrected chi connectivity index (χ3v) is 10.8. The van der Waals surface area contributed by atoms with Crippen LogP contribution in [0.1, 0.15) is 30.7 Å². The molecule has 47 heavy (non-hydrogen) atoms. The molecule has 4 N–H and O–H groups in total. The van der Waals surface area contributed by atoms with E-state index in [0.29, 0.717) is 28.1 Å². The van der Waals surface area contributed by atoms with Gasteiger partial charge in [0, 0.05) is 29.0 Å². The molecule has 3 aliphatic rings. The SMILES string of the molecule is CO/N=C(\C(=O)N[C@@H]1C(=O)C2C(C(=O)OCc3ccc(OC)cc3)=C(/C=C/C[N+]3(C)CCCCC3CO)CS[C@@H]21)c1nsc(N)n1.[I-]. The fourth-order valence-corrected chi connectivity index (χ4v) is 8.09. The molecule has 1 aromatic carbocycles. The molecular weight excluding hydrogens is 759 g/mol. The summed E-state index contributed by atoms with van der Waals surface area (Å²) in [5, 5.41) is 16.2. The second-order valence-electron chi connectivity index (χ2n) is 11.7. The minimum Gasteiger partial charge on any atom is -1.00 e. The van der Waals surface area contributed by atoms with E-state index in [1.165, 1.54) is 18.9 Å². The number of nitrogens with zero attached hydrogens (tertiary/aromatic N) is 4. The second kappa shape index (κ2) is 16.4. The predicted octanol–water partition coefficient (Wildman–Crippen LogP) is -1.13. The molecule has 1 saturated carbocycles. The fraction of sp³-hybridized carbons (Fsp3) is 0.484. The lowest BCUT2D eigenvalue weighted by atomic mass is 9.71. The molecule has 3 unspecified atom stereocenters. The van der Waals surface area contributed by atoms with Crippen molar-refractivity contribution in [3.63, 3.8) is 0 Å². The van der Waals surface area contributed by atoms with Gasteiger partial charge >= 0.3 is 5.97 Å². The predicted molar refractivity (Wildman–Crippen MR) is 174 cm³/mol. The quantitative estimate of drug-likeness (QED) is 0.0780. The van der Waals surface area contributed by atoms with Gasteiger partial charge in [-0.1, -0.05) is 23.4 Å². The van der Waals surface area contributed by atoms with Crippen LogP contribution in [0.3, 0.4) is 0 Å². The standard InChI is InChI=1S/C31H38N6O7S2.HI/c1-37(13-5-4-8-20(37)15-38)14-6-7-19-17-45-27-23(22(19)30(41)44-16-18-9-11-21(42-2)12-10-18)26(39)24(27)33-29(40)25(35-43-3)28-34-31(32)46-36-28;/h6-7,9-12,20,23-24,27,38H,4-5,8,13-17H2,1-3H3,(H2-,32,33,34,36,40);1H/b7-6+,35-25-;/t20?,23?,24-,27+,37?;/m1./s1. The molecule has 3 heterocycles. The number of esters is 1. The summed E-state index contributed by atoms with van der Waals surface area (Å²) in [5.41, 5.74) is 7.27. The number of nitrogen functional groups attached to an aromatic ring is 1. The summed E-state index contributed by atoms with van der Waals surface area (Å²) in [6, 6.07) is 6.49. The molecule has 0 bridgehead atoms. The first-order valence-electron chi connectivity index (χ1n) is 15.0. The number of fused-ring (bicyclic) bond motifs is 1. The van der Waals surface area contributed by atoms with Crippen molar-refractivity contribution in [3.05, 3.63) is 59.0 Å². The number of Topliss-reactive ketones (excluding diaryl/α,β-unsaturated/α-hetero) is 1. The number of carbonyl (C=O) groups excluding carboxylic acids is 3. The minimum atomic E-state index is -0.862. The Morgan fingerprint density at radius 3 is 2.66 bits per heavy atom. The van der Waals surface area contributed by atoms with Crippen molar-refractivity contribution >= 4 is 51.8 Å². The molecule has 1 amide bonds. The lowest BCUT2D eigenvalue weighted by molar-refractivity contribution is -0.933. The molecule has 2 aliphatic heterocycles. The number of piperidine rings is 1. The van der Waals surface area contributed by atoms with E-state index in [1.54, 1.807) is 19.2 Å². The van der Waals surface area contributed by atoms with Crippen LogP contribution >= 0.6 is 23.3 Å². The number of aliphatic hydroxyl groups excluding tert-OH is 1. The number of ketones is 1. The van der Waals surface area contributed by atoms with Crippen LogP contribution in [-0.4, -0.2) is 106 Å². The van der Waals surface area contributed by atoms with Crippen molar-refractivity contribution in [3.8, 4) is 5.75 Å². The minimum absolute atomic E-state index is 0. The van der Waals surface area contributed by atoms with Crippen LogP contribution in [0, 0.1) is 5.92 Å². The molecule has 254 valence electrons. The highest BCUT2D eigenvalue weighted by molar-refractivity contribution is 8.00. The van der Waals surface area contributed by atoms with Gasteiger partial charge in [0.25, 0.3) is 5.91 Å². The van der Waals surface area contributed by atoms with Crippen molar-refractivity contribution in [2.45, 2.75) is 43.2 Å². The summed E-state index contributed by atoms with van der Waals surface area (Å²) in [6.45, 7) is 1.79. The molecule has 5 atom stereocenters. The average Bonchev–Trinajstić information content (AvgIpc) is 3.50. The zero-order valence-electron chi connectivity index (χ0n) is 26.4. The summed E-state index contributed by atoms with van der Waals surface area (Å²) >= 11 is 2.40. The molecule has 13 nitrogen and oxygen atoms in total. The van der Waals surface area contributed by atoms with Gasteiger partial charge in [0.2, 0.25) is 11.5 Å². The van der Waals surface area contributed by atoms with E-state index in [0.717, 1.165) is 48.5 Å². The van der Waals surface area contributed by atoms with E-state index in [9.17, 15) is 19.5 Å². The van der Waals surface area contributed by atoms with Crippen LogP contribution in [0.5, 0.6) is 5.75 Å². The van der Waals surface area contributed by atoms with Crippen LogP contribution < -0.4 is 39.8 Å². The number of hydrogen-bond acceptors (Lipinski definition) is 13. The number of aromatic nitrogens is 2. The largest absolute Gasteiger partial charge is 1.00 e. The first kappa shape index (κ1) is 36.8. The summed E-state index contributed by atoms with van der Waals surface area (Å²) < 4.78 is 15.7. The number of nitrogens with two attached hydrogens (primary N) is 1. The van der Waals surface area contributed by atoms with Crippen molar-refractivity contribution in [1.29, 1.82) is 0 Å². The molecule has 5 rings (SSSR count). The van der Waals surface area contributed by atoms with E-state index in [1.807, 2.05) is 24.3 Å². The van der Waals surface area contributed by atoms with Gasteiger partial charge in [-0.25, -0.2) is 4.79 Å². The Kier molecular flexibility index (Phi) is 12.8. The number of hydrogen-bond donors (Lipinski definition) is 3. The highest BCUT2D eigenvalue weighted by Crippen LogP contribution is 2.46. The van der Waals surface area contributed by atoms with Gasteiger partial charge in [-0.05, 0) is 42.2 Å². The Balaban J connectivity index is 0.00000500. The monoisotopic (exact) mass is 798 g/mol. The number of aliphatic hydroxyl groups is 1. The van der Waals surface area contributed by atoms with Crippen molar-refractivity contribution in [2.75, 3.05) is 52.5 Å². The smallest absolute Gasteiger partial charge is 0.335 e. The van der Waals surface area contributed by atoms with Crippen LogP contribution in [0.25, 0.3) is 0 Å². The normalized spacial score (nSPS) is 25.8. The number of likely N-dealkylation sites (N-methyl/N-ethyl adjacent to an activating group) is 1. The lowest BCUT2D eigenvalue weighted by Gasteiger charge is -2.46. The fourth-order valence-electron chi connectivity index (χ4n) is 6.18. The van der Waals surface area contributed by atoms with Crippen molar-refractivity contribution < 1.29 is 62.3 Å². The number of likely N-dealkylation sites (tertiary alicyclic amines) is 1. The zero-order chi connectivity index (χ0) is 32.8. The van der Waals surface area contributed by atoms with Gasteiger partial charge in [-0.3, -0.25) is 9.59 Å². The van der Waals surface area contributed by atoms with Gasteiger partial charge in [0.15, 0.2) is 10.9 Å². The van der Waals surface area contributed by atoms with E-state index in [4.69, 9.17) is 20.0 Å². The molecule has 1 saturated heterocycles. The molecule has 16 heteroatoms. The topological polar surface area (TPSA) is 175 Å². The first-order chi connectivity index (χ1) is 22.2. The number of methoxy groups -OCH3 is 1.